The molecule has 7 heteroatoms. The number of ether oxygens (including phenoxy) is 1. The molecule has 5 nitrogen and oxygen atoms in total. The Morgan fingerprint density at radius 3 is 2.71 bits per heavy atom. The predicted molar refractivity (Wildman–Crippen MR) is 82.7 cm³/mol. The van der Waals surface area contributed by atoms with E-state index in [0.29, 0.717) is 24.1 Å². The molecule has 0 amide bonds. The van der Waals surface area contributed by atoms with Crippen LogP contribution >= 0.6 is 11.6 Å². The first-order valence-corrected chi connectivity index (χ1v) is 8.79. The van der Waals surface area contributed by atoms with Crippen LogP contribution in [-0.2, 0) is 21.3 Å². The Balaban J connectivity index is 1.96. The Hall–Kier alpha value is -0.660. The molecule has 0 saturated heterocycles. The quantitative estimate of drug-likeness (QED) is 0.737. The molecule has 1 saturated carbocycles. The van der Waals surface area contributed by atoms with Crippen LogP contribution in [0.15, 0.2) is 23.1 Å². The first kappa shape index (κ1) is 16.7. The highest BCUT2D eigenvalue weighted by molar-refractivity contribution is 7.89. The van der Waals surface area contributed by atoms with Crippen LogP contribution in [0.2, 0.25) is 5.02 Å². The molecule has 1 aromatic rings. The fourth-order valence-corrected chi connectivity index (χ4v) is 3.39. The topological polar surface area (TPSA) is 72.6 Å². The third-order valence-electron chi connectivity index (χ3n) is 3.55. The maximum absolute atomic E-state index is 12.4. The summed E-state index contributed by atoms with van der Waals surface area (Å²) in [6.45, 7) is 1.74. The van der Waals surface area contributed by atoms with Gasteiger partial charge in [-0.25, -0.2) is 8.42 Å². The third-order valence-corrected chi connectivity index (χ3v) is 5.76. The van der Waals surface area contributed by atoms with E-state index < -0.39 is 10.0 Å². The molecule has 0 heterocycles. The van der Waals surface area contributed by atoms with E-state index in [1.54, 1.807) is 13.1 Å². The van der Waals surface area contributed by atoms with Gasteiger partial charge in [0.1, 0.15) is 0 Å². The highest BCUT2D eigenvalue weighted by Crippen LogP contribution is 2.28. The first-order chi connectivity index (χ1) is 9.95. The molecule has 1 fully saturated rings. The zero-order valence-electron chi connectivity index (χ0n) is 12.1. The van der Waals surface area contributed by atoms with E-state index in [4.69, 9.17) is 22.1 Å². The van der Waals surface area contributed by atoms with E-state index in [1.165, 1.54) is 29.3 Å². The Morgan fingerprint density at radius 1 is 1.43 bits per heavy atom. The van der Waals surface area contributed by atoms with E-state index in [1.807, 2.05) is 0 Å². The van der Waals surface area contributed by atoms with E-state index in [9.17, 15) is 8.42 Å². The van der Waals surface area contributed by atoms with Gasteiger partial charge >= 0.3 is 0 Å². The molecule has 0 aliphatic heterocycles. The second-order valence-corrected chi connectivity index (χ2v) is 7.75. The van der Waals surface area contributed by atoms with Gasteiger partial charge in [0, 0.05) is 31.8 Å². The summed E-state index contributed by atoms with van der Waals surface area (Å²) in [6.07, 6.45) is 2.44. The van der Waals surface area contributed by atoms with Crippen LogP contribution in [0.5, 0.6) is 0 Å². The number of nitrogens with two attached hydrogens (primary N) is 1. The Bertz CT molecular complexity index is 588. The van der Waals surface area contributed by atoms with Gasteiger partial charge in [0.15, 0.2) is 0 Å². The van der Waals surface area contributed by atoms with Crippen LogP contribution in [0.1, 0.15) is 18.4 Å². The van der Waals surface area contributed by atoms with Crippen LogP contribution < -0.4 is 5.73 Å². The van der Waals surface area contributed by atoms with Gasteiger partial charge in [-0.1, -0.05) is 17.7 Å². The maximum atomic E-state index is 12.4. The van der Waals surface area contributed by atoms with Crippen molar-refractivity contribution in [1.29, 1.82) is 0 Å². The summed E-state index contributed by atoms with van der Waals surface area (Å²) in [5.41, 5.74) is 6.25. The molecule has 0 aromatic heterocycles. The summed E-state index contributed by atoms with van der Waals surface area (Å²) in [5, 5.41) is 0.372. The van der Waals surface area contributed by atoms with Gasteiger partial charge in [-0.05, 0) is 36.5 Å². The van der Waals surface area contributed by atoms with Gasteiger partial charge in [0.25, 0.3) is 0 Å². The largest absolute Gasteiger partial charge is 0.380 e. The van der Waals surface area contributed by atoms with E-state index in [2.05, 4.69) is 0 Å². The van der Waals surface area contributed by atoms with Crippen LogP contribution in [0.25, 0.3) is 0 Å². The molecule has 21 heavy (non-hydrogen) atoms. The van der Waals surface area contributed by atoms with Crippen molar-refractivity contribution in [2.45, 2.75) is 24.3 Å². The van der Waals surface area contributed by atoms with Crippen molar-refractivity contribution < 1.29 is 13.2 Å². The number of halogens is 1. The second-order valence-electron chi connectivity index (χ2n) is 5.30. The summed E-state index contributed by atoms with van der Waals surface area (Å²) in [6, 6.07) is 4.62. The van der Waals surface area contributed by atoms with Crippen molar-refractivity contribution in [2.24, 2.45) is 11.7 Å². The second kappa shape index (κ2) is 7.07. The summed E-state index contributed by atoms with van der Waals surface area (Å²) in [5.74, 6) is 0.675. The standard InChI is InChI=1S/C14H21ClN2O3S/c1-17(6-7-20-10-11-2-3-11)21(18,19)13-5-4-12(9-16)14(15)8-13/h4-5,8,11H,2-3,6-7,9-10,16H2,1H3. The molecular weight excluding hydrogens is 312 g/mol. The highest BCUT2D eigenvalue weighted by atomic mass is 35.5. The molecule has 118 valence electrons. The average Bonchev–Trinajstić information content (AvgIpc) is 3.27. The zero-order valence-corrected chi connectivity index (χ0v) is 13.7. The number of hydrogen-bond donors (Lipinski definition) is 1. The lowest BCUT2D eigenvalue weighted by molar-refractivity contribution is 0.117. The average molecular weight is 333 g/mol. The number of likely N-dealkylation sites (N-methyl/N-ethyl adjacent to an activating group) is 1. The predicted octanol–water partition coefficient (Wildman–Crippen LogP) is 1.85. The molecule has 0 atom stereocenters. The minimum Gasteiger partial charge on any atom is -0.380 e. The molecule has 0 radical (unpaired) electrons. The summed E-state index contributed by atoms with van der Waals surface area (Å²) in [7, 11) is -2.00. The van der Waals surface area contributed by atoms with Gasteiger partial charge in [-0.3, -0.25) is 0 Å². The van der Waals surface area contributed by atoms with Crippen LogP contribution in [0.4, 0.5) is 0 Å². The smallest absolute Gasteiger partial charge is 0.242 e. The van der Waals surface area contributed by atoms with E-state index >= 15 is 0 Å². The minimum absolute atomic E-state index is 0.175. The number of sulfonamides is 1. The maximum Gasteiger partial charge on any atom is 0.242 e. The summed E-state index contributed by atoms with van der Waals surface area (Å²) < 4.78 is 31.6. The summed E-state index contributed by atoms with van der Waals surface area (Å²) in [4.78, 5) is 0.175. The monoisotopic (exact) mass is 332 g/mol. The van der Waals surface area contributed by atoms with Gasteiger partial charge in [0.2, 0.25) is 10.0 Å². The summed E-state index contributed by atoms with van der Waals surface area (Å²) >= 11 is 6.02. The Morgan fingerprint density at radius 2 is 2.14 bits per heavy atom. The molecule has 0 unspecified atom stereocenters. The molecule has 1 aromatic carbocycles. The lowest BCUT2D eigenvalue weighted by Gasteiger charge is -2.17. The Kier molecular flexibility index (Phi) is 5.62. The first-order valence-electron chi connectivity index (χ1n) is 6.97. The number of nitrogens with zero attached hydrogens (tertiary/aromatic N) is 1. The van der Waals surface area contributed by atoms with Crippen molar-refractivity contribution in [3.05, 3.63) is 28.8 Å². The van der Waals surface area contributed by atoms with Gasteiger partial charge in [-0.15, -0.1) is 0 Å². The molecule has 1 aliphatic rings. The lowest BCUT2D eigenvalue weighted by atomic mass is 10.2. The van der Waals surface area contributed by atoms with Crippen LogP contribution in [-0.4, -0.2) is 39.5 Å². The fourth-order valence-electron chi connectivity index (χ4n) is 1.88. The van der Waals surface area contributed by atoms with Crippen LogP contribution in [0.3, 0.4) is 0 Å². The number of hydrogen-bond acceptors (Lipinski definition) is 4. The molecule has 1 aliphatic carbocycles. The highest BCUT2D eigenvalue weighted by Gasteiger charge is 2.23. The molecule has 2 N–H and O–H groups in total. The normalized spacial score (nSPS) is 15.6. The molecule has 0 spiro atoms. The number of rotatable bonds is 8. The minimum atomic E-state index is -3.54. The lowest BCUT2D eigenvalue weighted by Crippen LogP contribution is -2.30. The SMILES string of the molecule is CN(CCOCC1CC1)S(=O)(=O)c1ccc(CN)c(Cl)c1. The molecule has 0 bridgehead atoms. The van der Waals surface area contributed by atoms with Gasteiger partial charge in [-0.2, -0.15) is 4.31 Å². The van der Waals surface area contributed by atoms with Gasteiger partial charge < -0.3 is 10.5 Å². The van der Waals surface area contributed by atoms with Crippen molar-refractivity contribution >= 4 is 21.6 Å². The Labute approximate surface area is 131 Å². The fraction of sp³-hybridized carbons (Fsp3) is 0.571. The molecular formula is C14H21ClN2O3S. The van der Waals surface area contributed by atoms with Crippen molar-refractivity contribution in [3.63, 3.8) is 0 Å². The molecule has 2 rings (SSSR count). The third kappa shape index (κ3) is 4.40. The van der Waals surface area contributed by atoms with Crippen molar-refractivity contribution in [3.8, 4) is 0 Å². The zero-order chi connectivity index (χ0) is 15.5. The van der Waals surface area contributed by atoms with Crippen molar-refractivity contribution in [2.75, 3.05) is 26.8 Å². The van der Waals surface area contributed by atoms with E-state index in [0.717, 1.165) is 12.2 Å². The van der Waals surface area contributed by atoms with Crippen LogP contribution in [0, 0.1) is 5.92 Å². The van der Waals surface area contributed by atoms with Crippen molar-refractivity contribution in [1.82, 2.24) is 4.31 Å². The van der Waals surface area contributed by atoms with E-state index in [-0.39, 0.29) is 11.4 Å². The number of benzene rings is 1. The van der Waals surface area contributed by atoms with Gasteiger partial charge in [0.05, 0.1) is 11.5 Å².